The summed E-state index contributed by atoms with van der Waals surface area (Å²) in [5, 5.41) is 4.75. The Hall–Kier alpha value is -3.34. The van der Waals surface area contributed by atoms with Crippen LogP contribution in [0.3, 0.4) is 0 Å². The quantitative estimate of drug-likeness (QED) is 0.608. The number of pyridine rings is 1. The molecule has 1 N–H and O–H groups in total. The van der Waals surface area contributed by atoms with Crippen molar-refractivity contribution in [3.8, 4) is 11.5 Å². The highest BCUT2D eigenvalue weighted by molar-refractivity contribution is 6.11. The molecule has 0 saturated carbocycles. The molecule has 0 spiro atoms. The molecule has 5 nitrogen and oxygen atoms in total. The van der Waals surface area contributed by atoms with Gasteiger partial charge in [-0.2, -0.15) is 0 Å². The van der Waals surface area contributed by atoms with Crippen molar-refractivity contribution in [2.75, 3.05) is 19.5 Å². The van der Waals surface area contributed by atoms with Crippen molar-refractivity contribution in [2.45, 2.75) is 32.7 Å². The summed E-state index contributed by atoms with van der Waals surface area (Å²) in [6, 6.07) is 13.8. The zero-order valence-electron chi connectivity index (χ0n) is 18.3. The van der Waals surface area contributed by atoms with Gasteiger partial charge in [0.1, 0.15) is 0 Å². The Labute approximate surface area is 182 Å². The Bertz CT molecular complexity index is 1240. The molecule has 0 saturated heterocycles. The average Bonchev–Trinajstić information content (AvgIpc) is 2.77. The number of fused-ring (bicyclic) bond motifs is 4. The molecule has 0 amide bonds. The predicted octanol–water partition coefficient (Wildman–Crippen LogP) is 5.56. The molecular weight excluding hydrogens is 388 g/mol. The summed E-state index contributed by atoms with van der Waals surface area (Å²) < 4.78 is 11.0. The van der Waals surface area contributed by atoms with E-state index in [0.717, 1.165) is 45.3 Å². The minimum Gasteiger partial charge on any atom is -0.493 e. The van der Waals surface area contributed by atoms with Gasteiger partial charge in [-0.3, -0.25) is 9.78 Å². The maximum atomic E-state index is 13.4. The van der Waals surface area contributed by atoms with Crippen molar-refractivity contribution in [1.29, 1.82) is 0 Å². The summed E-state index contributed by atoms with van der Waals surface area (Å²) in [5.41, 5.74) is 5.98. The number of allylic oxidation sites excluding steroid dienone is 1. The fraction of sp³-hybridized carbons (Fsp3) is 0.308. The molecule has 1 aliphatic heterocycles. The van der Waals surface area contributed by atoms with E-state index >= 15 is 0 Å². The van der Waals surface area contributed by atoms with Crippen LogP contribution in [0.15, 0.2) is 54.2 Å². The number of nitrogens with one attached hydrogen (secondary N) is 1. The van der Waals surface area contributed by atoms with Crippen LogP contribution in [0.4, 0.5) is 5.69 Å². The smallest absolute Gasteiger partial charge is 0.162 e. The van der Waals surface area contributed by atoms with E-state index in [4.69, 9.17) is 9.47 Å². The number of ketones is 1. The van der Waals surface area contributed by atoms with Crippen molar-refractivity contribution in [1.82, 2.24) is 4.98 Å². The van der Waals surface area contributed by atoms with Crippen molar-refractivity contribution in [3.63, 3.8) is 0 Å². The fourth-order valence-corrected chi connectivity index (χ4v) is 4.97. The maximum absolute atomic E-state index is 13.4. The number of nitrogens with zero attached hydrogens (tertiary/aromatic N) is 1. The average molecular weight is 415 g/mol. The predicted molar refractivity (Wildman–Crippen MR) is 123 cm³/mol. The van der Waals surface area contributed by atoms with Gasteiger partial charge in [-0.15, -0.1) is 0 Å². The van der Waals surface area contributed by atoms with Crippen molar-refractivity contribution in [3.05, 3.63) is 65.4 Å². The van der Waals surface area contributed by atoms with E-state index in [9.17, 15) is 4.79 Å². The number of carbonyl (C=O) groups is 1. The number of methoxy groups -OCH3 is 2. The third-order valence-electron chi connectivity index (χ3n) is 6.35. The number of Topliss-reactive ketones (excluding diaryl/α,β-unsaturated/α-hetero) is 1. The summed E-state index contributed by atoms with van der Waals surface area (Å²) >= 11 is 0. The number of hydrogen-bond donors (Lipinski definition) is 1. The Morgan fingerprint density at radius 1 is 1.03 bits per heavy atom. The van der Waals surface area contributed by atoms with E-state index in [1.165, 1.54) is 0 Å². The summed E-state index contributed by atoms with van der Waals surface area (Å²) in [6.07, 6.45) is 3.21. The summed E-state index contributed by atoms with van der Waals surface area (Å²) in [5.74, 6) is 1.52. The molecule has 3 aromatic rings. The molecule has 1 aliphatic carbocycles. The summed E-state index contributed by atoms with van der Waals surface area (Å²) in [4.78, 5) is 17.9. The molecule has 158 valence electrons. The van der Waals surface area contributed by atoms with Crippen LogP contribution in [0, 0.1) is 5.41 Å². The second-order valence-corrected chi connectivity index (χ2v) is 9.08. The molecule has 2 aliphatic rings. The lowest BCUT2D eigenvalue weighted by Gasteiger charge is -2.40. The van der Waals surface area contributed by atoms with E-state index in [-0.39, 0.29) is 17.2 Å². The van der Waals surface area contributed by atoms with Gasteiger partial charge in [0, 0.05) is 29.1 Å². The lowest BCUT2D eigenvalue weighted by atomic mass is 9.68. The second kappa shape index (κ2) is 7.12. The van der Waals surface area contributed by atoms with Gasteiger partial charge >= 0.3 is 0 Å². The maximum Gasteiger partial charge on any atom is 0.162 e. The molecule has 5 rings (SSSR count). The first-order chi connectivity index (χ1) is 14.9. The lowest BCUT2D eigenvalue weighted by molar-refractivity contribution is -0.118. The zero-order chi connectivity index (χ0) is 21.8. The highest BCUT2D eigenvalue weighted by Gasteiger charge is 2.40. The van der Waals surface area contributed by atoms with E-state index in [2.05, 4.69) is 36.3 Å². The molecule has 2 heterocycles. The molecule has 0 fully saturated rings. The second-order valence-electron chi connectivity index (χ2n) is 9.08. The minimum absolute atomic E-state index is 0.0728. The van der Waals surface area contributed by atoms with Crippen LogP contribution >= 0.6 is 0 Å². The van der Waals surface area contributed by atoms with E-state index in [1.807, 2.05) is 30.3 Å². The van der Waals surface area contributed by atoms with Gasteiger partial charge in [0.2, 0.25) is 0 Å². The first-order valence-electron chi connectivity index (χ1n) is 10.5. The fourth-order valence-electron chi connectivity index (χ4n) is 4.97. The van der Waals surface area contributed by atoms with Crippen LogP contribution in [0.25, 0.3) is 16.5 Å². The first kappa shape index (κ1) is 19.6. The Morgan fingerprint density at radius 2 is 1.84 bits per heavy atom. The van der Waals surface area contributed by atoms with Crippen molar-refractivity contribution in [2.24, 2.45) is 5.41 Å². The molecule has 0 bridgehead atoms. The van der Waals surface area contributed by atoms with Gasteiger partial charge in [0.25, 0.3) is 0 Å². The van der Waals surface area contributed by atoms with Crippen LogP contribution < -0.4 is 14.8 Å². The lowest BCUT2D eigenvalue weighted by Crippen LogP contribution is -2.33. The minimum atomic E-state index is -0.253. The first-order valence-corrected chi connectivity index (χ1v) is 10.5. The number of hydrogen-bond acceptors (Lipinski definition) is 5. The Morgan fingerprint density at radius 3 is 2.61 bits per heavy atom. The largest absolute Gasteiger partial charge is 0.493 e. The number of carbonyl (C=O) groups excluding carboxylic acids is 1. The van der Waals surface area contributed by atoms with Crippen LogP contribution in [0.2, 0.25) is 0 Å². The van der Waals surface area contributed by atoms with Gasteiger partial charge in [-0.25, -0.2) is 0 Å². The molecule has 5 heteroatoms. The van der Waals surface area contributed by atoms with Crippen LogP contribution in [-0.4, -0.2) is 25.0 Å². The third-order valence-corrected chi connectivity index (χ3v) is 6.35. The van der Waals surface area contributed by atoms with E-state index in [0.29, 0.717) is 17.9 Å². The summed E-state index contributed by atoms with van der Waals surface area (Å²) in [7, 11) is 3.25. The molecule has 1 atom stereocenters. The molecule has 0 unspecified atom stereocenters. The zero-order valence-corrected chi connectivity index (χ0v) is 18.3. The Kier molecular flexibility index (Phi) is 4.50. The molecule has 2 aromatic carbocycles. The normalized spacial score (nSPS) is 19.5. The summed E-state index contributed by atoms with van der Waals surface area (Å²) in [6.45, 7) is 4.34. The topological polar surface area (TPSA) is 60.5 Å². The van der Waals surface area contributed by atoms with Gasteiger partial charge in [0.05, 0.1) is 31.5 Å². The highest BCUT2D eigenvalue weighted by Crippen LogP contribution is 2.52. The van der Waals surface area contributed by atoms with Gasteiger partial charge < -0.3 is 14.8 Å². The van der Waals surface area contributed by atoms with Gasteiger partial charge in [0.15, 0.2) is 17.3 Å². The van der Waals surface area contributed by atoms with Gasteiger partial charge in [-0.05, 0) is 53.3 Å². The van der Waals surface area contributed by atoms with Crippen LogP contribution in [0.1, 0.15) is 43.9 Å². The molecule has 0 radical (unpaired) electrons. The third kappa shape index (κ3) is 3.16. The highest BCUT2D eigenvalue weighted by atomic mass is 16.5. The number of anilines is 1. The number of aromatic nitrogens is 1. The standard InChI is InChI=1S/C26H26N2O3/c1-26(2)13-18-16-8-9-19-17(6-5-11-27-19)25(16)28-24(23(18)20(29)14-26)15-7-10-21(30-3)22(12-15)31-4/h5-12,24,28H,13-14H2,1-4H3/t24-/m1/s1. The number of ether oxygens (including phenoxy) is 2. The van der Waals surface area contributed by atoms with Crippen LogP contribution in [-0.2, 0) is 4.79 Å². The monoisotopic (exact) mass is 414 g/mol. The van der Waals surface area contributed by atoms with E-state index < -0.39 is 0 Å². The van der Waals surface area contributed by atoms with Crippen molar-refractivity contribution < 1.29 is 14.3 Å². The number of rotatable bonds is 3. The van der Waals surface area contributed by atoms with E-state index in [1.54, 1.807) is 20.4 Å². The molecule has 31 heavy (non-hydrogen) atoms. The number of benzene rings is 2. The van der Waals surface area contributed by atoms with Crippen molar-refractivity contribution >= 4 is 27.9 Å². The van der Waals surface area contributed by atoms with Crippen LogP contribution in [0.5, 0.6) is 11.5 Å². The van der Waals surface area contributed by atoms with Gasteiger partial charge in [-0.1, -0.05) is 26.0 Å². The Balaban J connectivity index is 1.76. The SMILES string of the molecule is COc1ccc([C@H]2Nc3c(ccc4ncccc34)C3=C2C(=O)CC(C)(C)C3)cc1OC. The molecule has 1 aromatic heterocycles. The molecular formula is C26H26N2O3.